The molecule has 2 atom stereocenters. The molecule has 1 aromatic rings. The van der Waals surface area contributed by atoms with Gasteiger partial charge in [0, 0.05) is 35.1 Å². The van der Waals surface area contributed by atoms with Crippen molar-refractivity contribution >= 4 is 27.5 Å². The molecule has 0 N–H and O–H groups in total. The summed E-state index contributed by atoms with van der Waals surface area (Å²) in [6, 6.07) is 4.82. The first-order valence-electron chi connectivity index (χ1n) is 6.58. The molecule has 0 aliphatic carbocycles. The summed E-state index contributed by atoms with van der Waals surface area (Å²) in [6.07, 6.45) is 0.968. The number of nitro benzene ring substituents is 1. The third-order valence-corrected chi connectivity index (χ3v) is 4.70. The molecule has 0 bridgehead atoms. The normalized spacial score (nSPS) is 22.1. The first-order chi connectivity index (χ1) is 9.47. The average Bonchev–Trinajstić information content (AvgIpc) is 2.79. The summed E-state index contributed by atoms with van der Waals surface area (Å²) in [5.41, 5.74) is 0.869. The van der Waals surface area contributed by atoms with Crippen molar-refractivity contribution in [3.05, 3.63) is 39.4 Å². The van der Waals surface area contributed by atoms with Crippen LogP contribution in [0.3, 0.4) is 0 Å². The standard InChI is InChI=1S/C14H17BrN2O3/c1-9-6-7-16(13(9)8-15)14(18)11-4-3-5-12(10(11)2)17(19)20/h3-5,9,13H,6-8H2,1-2H3. The van der Waals surface area contributed by atoms with Gasteiger partial charge < -0.3 is 4.90 Å². The lowest BCUT2D eigenvalue weighted by Gasteiger charge is -2.25. The van der Waals surface area contributed by atoms with Gasteiger partial charge in [-0.05, 0) is 25.3 Å². The Morgan fingerprint density at radius 2 is 2.25 bits per heavy atom. The molecule has 1 aromatic carbocycles. The van der Waals surface area contributed by atoms with Crippen LogP contribution in [0.25, 0.3) is 0 Å². The molecule has 0 aromatic heterocycles. The van der Waals surface area contributed by atoms with Crippen molar-refractivity contribution in [3.63, 3.8) is 0 Å². The van der Waals surface area contributed by atoms with Gasteiger partial charge in [0.2, 0.25) is 0 Å². The van der Waals surface area contributed by atoms with Gasteiger partial charge in [0.25, 0.3) is 11.6 Å². The second-order valence-corrected chi connectivity index (χ2v) is 5.84. The van der Waals surface area contributed by atoms with Gasteiger partial charge in [-0.1, -0.05) is 28.9 Å². The number of hydrogen-bond acceptors (Lipinski definition) is 3. The van der Waals surface area contributed by atoms with Crippen LogP contribution in [0.4, 0.5) is 5.69 Å². The Bertz CT molecular complexity index is 547. The molecule has 1 amide bonds. The average molecular weight is 341 g/mol. The lowest BCUT2D eigenvalue weighted by atomic mass is 10.0. The second kappa shape index (κ2) is 5.91. The fourth-order valence-electron chi connectivity index (χ4n) is 2.70. The zero-order valence-corrected chi connectivity index (χ0v) is 13.1. The van der Waals surface area contributed by atoms with E-state index in [9.17, 15) is 14.9 Å². The van der Waals surface area contributed by atoms with Gasteiger partial charge in [-0.15, -0.1) is 0 Å². The number of amides is 1. The quantitative estimate of drug-likeness (QED) is 0.482. The molecule has 1 aliphatic rings. The minimum atomic E-state index is -0.444. The molecule has 1 fully saturated rings. The number of alkyl halides is 1. The summed E-state index contributed by atoms with van der Waals surface area (Å²) in [4.78, 5) is 25.0. The van der Waals surface area contributed by atoms with Gasteiger partial charge >= 0.3 is 0 Å². The SMILES string of the molecule is Cc1c(C(=O)N2CCC(C)C2CBr)cccc1[N+](=O)[O-]. The molecule has 0 radical (unpaired) electrons. The number of nitrogens with zero attached hydrogens (tertiary/aromatic N) is 2. The number of benzene rings is 1. The molecule has 5 nitrogen and oxygen atoms in total. The van der Waals surface area contributed by atoms with E-state index in [0.29, 0.717) is 23.6 Å². The van der Waals surface area contributed by atoms with Crippen LogP contribution in [-0.4, -0.2) is 33.6 Å². The minimum absolute atomic E-state index is 0.00140. The zero-order chi connectivity index (χ0) is 14.9. The molecule has 6 heteroatoms. The highest BCUT2D eigenvalue weighted by molar-refractivity contribution is 9.09. The van der Waals surface area contributed by atoms with Crippen molar-refractivity contribution in [2.24, 2.45) is 5.92 Å². The minimum Gasteiger partial charge on any atom is -0.335 e. The summed E-state index contributed by atoms with van der Waals surface area (Å²) in [5.74, 6) is 0.331. The number of likely N-dealkylation sites (tertiary alicyclic amines) is 1. The summed E-state index contributed by atoms with van der Waals surface area (Å²) in [5, 5.41) is 11.7. The number of nitro groups is 1. The molecule has 20 heavy (non-hydrogen) atoms. The van der Waals surface area contributed by atoms with E-state index >= 15 is 0 Å². The summed E-state index contributed by atoms with van der Waals surface area (Å²) in [6.45, 7) is 4.46. The topological polar surface area (TPSA) is 63.5 Å². The van der Waals surface area contributed by atoms with Crippen LogP contribution in [0.15, 0.2) is 18.2 Å². The molecule has 108 valence electrons. The number of carbonyl (C=O) groups excluding carboxylic acids is 1. The number of rotatable bonds is 3. The van der Waals surface area contributed by atoms with Crippen LogP contribution >= 0.6 is 15.9 Å². The first kappa shape index (κ1) is 15.0. The molecule has 0 spiro atoms. The predicted octanol–water partition coefficient (Wildman–Crippen LogP) is 3.15. The van der Waals surface area contributed by atoms with E-state index in [-0.39, 0.29) is 17.6 Å². The molecule has 2 rings (SSSR count). The van der Waals surface area contributed by atoms with E-state index in [4.69, 9.17) is 0 Å². The van der Waals surface area contributed by atoms with Crippen LogP contribution in [-0.2, 0) is 0 Å². The Labute approximate surface area is 126 Å². The van der Waals surface area contributed by atoms with Crippen LogP contribution in [0.1, 0.15) is 29.3 Å². The van der Waals surface area contributed by atoms with Gasteiger partial charge in [-0.25, -0.2) is 0 Å². The Morgan fingerprint density at radius 3 is 2.85 bits per heavy atom. The Balaban J connectivity index is 2.35. The molecule has 1 heterocycles. The fourth-order valence-corrected chi connectivity index (χ4v) is 3.69. The van der Waals surface area contributed by atoms with Gasteiger partial charge in [-0.2, -0.15) is 0 Å². The smallest absolute Gasteiger partial charge is 0.273 e. The van der Waals surface area contributed by atoms with Gasteiger partial charge in [0.1, 0.15) is 0 Å². The van der Waals surface area contributed by atoms with Crippen molar-refractivity contribution in [1.29, 1.82) is 0 Å². The first-order valence-corrected chi connectivity index (χ1v) is 7.70. The molecular weight excluding hydrogens is 324 g/mol. The summed E-state index contributed by atoms with van der Waals surface area (Å²) < 4.78 is 0. The highest BCUT2D eigenvalue weighted by Gasteiger charge is 2.35. The summed E-state index contributed by atoms with van der Waals surface area (Å²) >= 11 is 3.45. The highest BCUT2D eigenvalue weighted by atomic mass is 79.9. The van der Waals surface area contributed by atoms with Crippen molar-refractivity contribution in [2.45, 2.75) is 26.3 Å². The van der Waals surface area contributed by atoms with Crippen molar-refractivity contribution in [3.8, 4) is 0 Å². The summed E-state index contributed by atoms with van der Waals surface area (Å²) in [7, 11) is 0. The monoisotopic (exact) mass is 340 g/mol. The van der Waals surface area contributed by atoms with E-state index in [0.717, 1.165) is 11.8 Å². The van der Waals surface area contributed by atoms with Crippen LogP contribution < -0.4 is 0 Å². The van der Waals surface area contributed by atoms with Crippen molar-refractivity contribution in [2.75, 3.05) is 11.9 Å². The van der Waals surface area contributed by atoms with Gasteiger partial charge in [0.05, 0.1) is 4.92 Å². The predicted molar refractivity (Wildman–Crippen MR) is 80.2 cm³/mol. The van der Waals surface area contributed by atoms with E-state index in [1.165, 1.54) is 6.07 Å². The van der Waals surface area contributed by atoms with E-state index < -0.39 is 4.92 Å². The third-order valence-electron chi connectivity index (χ3n) is 4.03. The zero-order valence-electron chi connectivity index (χ0n) is 11.5. The molecule has 0 saturated carbocycles. The van der Waals surface area contributed by atoms with Crippen LogP contribution in [0.2, 0.25) is 0 Å². The molecular formula is C14H17BrN2O3. The van der Waals surface area contributed by atoms with Crippen molar-refractivity contribution in [1.82, 2.24) is 4.90 Å². The van der Waals surface area contributed by atoms with Crippen LogP contribution in [0.5, 0.6) is 0 Å². The van der Waals surface area contributed by atoms with Crippen LogP contribution in [0, 0.1) is 23.0 Å². The lowest BCUT2D eigenvalue weighted by molar-refractivity contribution is -0.385. The number of carbonyl (C=O) groups is 1. The van der Waals surface area contributed by atoms with E-state index in [1.807, 2.05) is 4.90 Å². The highest BCUT2D eigenvalue weighted by Crippen LogP contribution is 2.29. The second-order valence-electron chi connectivity index (χ2n) is 5.19. The Kier molecular flexibility index (Phi) is 4.42. The molecule has 1 saturated heterocycles. The van der Waals surface area contributed by atoms with Gasteiger partial charge in [-0.3, -0.25) is 14.9 Å². The van der Waals surface area contributed by atoms with E-state index in [2.05, 4.69) is 22.9 Å². The van der Waals surface area contributed by atoms with E-state index in [1.54, 1.807) is 19.1 Å². The third kappa shape index (κ3) is 2.57. The maximum Gasteiger partial charge on any atom is 0.273 e. The maximum atomic E-state index is 12.6. The Morgan fingerprint density at radius 1 is 1.55 bits per heavy atom. The Hall–Kier alpha value is -1.43. The molecule has 1 aliphatic heterocycles. The number of hydrogen-bond donors (Lipinski definition) is 0. The maximum absolute atomic E-state index is 12.6. The molecule has 2 unspecified atom stereocenters. The van der Waals surface area contributed by atoms with Crippen molar-refractivity contribution < 1.29 is 9.72 Å². The van der Waals surface area contributed by atoms with Gasteiger partial charge in [0.15, 0.2) is 0 Å². The largest absolute Gasteiger partial charge is 0.335 e. The number of halogens is 1. The lowest BCUT2D eigenvalue weighted by Crippen LogP contribution is -2.38. The fraction of sp³-hybridized carbons (Fsp3) is 0.500.